The Bertz CT molecular complexity index is 790. The fourth-order valence-electron chi connectivity index (χ4n) is 7.10. The molecule has 0 aromatic carbocycles. The molecule has 10 nitrogen and oxygen atoms in total. The minimum atomic E-state index is -0.624. The van der Waals surface area contributed by atoms with Gasteiger partial charge in [0.05, 0.1) is 24.4 Å². The Morgan fingerprint density at radius 1 is 0.447 bits per heavy atom. The van der Waals surface area contributed by atoms with Crippen molar-refractivity contribution in [1.82, 2.24) is 9.80 Å². The second kappa shape index (κ2) is 19.3. The smallest absolute Gasteiger partial charge is 0.0684 e. The molecule has 0 amide bonds. The third-order valence-corrected chi connectivity index (χ3v) is 8.41. The van der Waals surface area contributed by atoms with Crippen LogP contribution in [0, 0.1) is 23.2 Å². The Balaban J connectivity index is 6.31. The zero-order chi connectivity index (χ0) is 37.2. The highest BCUT2D eigenvalue weighted by molar-refractivity contribution is 4.87. The summed E-state index contributed by atoms with van der Waals surface area (Å²) in [6.07, 6.45) is 1.24. The monoisotopic (exact) mass is 675 g/mol. The van der Waals surface area contributed by atoms with Gasteiger partial charge in [-0.3, -0.25) is 9.80 Å². The number of hydrogen-bond acceptors (Lipinski definition) is 10. The van der Waals surface area contributed by atoms with Crippen molar-refractivity contribution in [3.63, 3.8) is 0 Å². The van der Waals surface area contributed by atoms with Crippen LogP contribution in [0.1, 0.15) is 129 Å². The van der Waals surface area contributed by atoms with Crippen LogP contribution in [0.25, 0.3) is 0 Å². The summed E-state index contributed by atoms with van der Waals surface area (Å²) in [7, 11) is 0. The molecule has 0 bridgehead atoms. The second-order valence-corrected chi connectivity index (χ2v) is 19.7. The molecule has 0 aliphatic carbocycles. The normalized spacial score (nSPS) is 18.1. The van der Waals surface area contributed by atoms with Gasteiger partial charge in [0.2, 0.25) is 0 Å². The molecule has 0 heterocycles. The summed E-state index contributed by atoms with van der Waals surface area (Å²) >= 11 is 0. The molecule has 12 N–H and O–H groups in total. The van der Waals surface area contributed by atoms with Crippen molar-refractivity contribution < 1.29 is 20.4 Å². The van der Waals surface area contributed by atoms with Crippen LogP contribution in [0.15, 0.2) is 0 Å². The molecule has 0 aromatic rings. The molecule has 6 unspecified atom stereocenters. The quantitative estimate of drug-likeness (QED) is 0.0754. The van der Waals surface area contributed by atoms with E-state index in [0.29, 0.717) is 57.8 Å². The first kappa shape index (κ1) is 46.6. The highest BCUT2D eigenvalue weighted by Gasteiger charge is 2.31. The van der Waals surface area contributed by atoms with Crippen molar-refractivity contribution in [2.45, 2.75) is 175 Å². The van der Waals surface area contributed by atoms with Gasteiger partial charge in [-0.15, -0.1) is 0 Å². The van der Waals surface area contributed by atoms with Crippen LogP contribution in [0.2, 0.25) is 0 Å². The fraction of sp³-hybridized carbons (Fsp3) is 1.00. The highest BCUT2D eigenvalue weighted by atomic mass is 16.3. The number of aliphatic hydroxyl groups excluding tert-OH is 4. The van der Waals surface area contributed by atoms with E-state index in [9.17, 15) is 20.4 Å². The average molecular weight is 675 g/mol. The topological polar surface area (TPSA) is 191 Å². The summed E-state index contributed by atoms with van der Waals surface area (Å²) in [5.74, 6) is 0.911. The van der Waals surface area contributed by atoms with E-state index < -0.39 is 46.6 Å². The summed E-state index contributed by atoms with van der Waals surface area (Å²) < 4.78 is 0. The third-order valence-electron chi connectivity index (χ3n) is 8.41. The van der Waals surface area contributed by atoms with Gasteiger partial charge in [-0.1, -0.05) is 34.6 Å². The first-order chi connectivity index (χ1) is 20.8. The third kappa shape index (κ3) is 27.1. The van der Waals surface area contributed by atoms with Crippen LogP contribution in [0.4, 0.5) is 0 Å². The summed E-state index contributed by atoms with van der Waals surface area (Å²) in [6.45, 7) is 29.7. The number of hydrogen-bond donors (Lipinski definition) is 8. The predicted molar refractivity (Wildman–Crippen MR) is 199 cm³/mol. The molecule has 0 aliphatic rings. The Hall–Kier alpha value is -0.400. The molecule has 0 saturated heterocycles. The van der Waals surface area contributed by atoms with Crippen molar-refractivity contribution >= 4 is 0 Å². The standard InChI is InChI=1S/C37H82N6O4/c1-26(2)28(21-43(24-31(46)18-36(10,11)40)25-32(47)19-37(12,13)41)14-27(15-33(3,4)5)20-42(22-29(44)16-34(6,7)38)23-30(45)17-35(8,9)39/h26-32,44-47H,14-25,38-41H2,1-13H3. The van der Waals surface area contributed by atoms with Crippen LogP contribution in [0.3, 0.4) is 0 Å². The molecule has 0 aromatic heterocycles. The summed E-state index contributed by atoms with van der Waals surface area (Å²) in [6, 6.07) is 0. The molecule has 0 fully saturated rings. The van der Waals surface area contributed by atoms with Crippen LogP contribution < -0.4 is 22.9 Å². The minimum absolute atomic E-state index is 0.0685. The largest absolute Gasteiger partial charge is 0.392 e. The summed E-state index contributed by atoms with van der Waals surface area (Å²) in [4.78, 5) is 4.40. The number of aliphatic hydroxyl groups is 4. The Kier molecular flexibility index (Phi) is 19.1. The molecule has 47 heavy (non-hydrogen) atoms. The molecule has 0 spiro atoms. The van der Waals surface area contributed by atoms with Gasteiger partial charge in [0.1, 0.15) is 0 Å². The summed E-state index contributed by atoms with van der Waals surface area (Å²) in [5, 5.41) is 44.2. The van der Waals surface area contributed by atoms with Gasteiger partial charge >= 0.3 is 0 Å². The molecular formula is C37H82N6O4. The maximum Gasteiger partial charge on any atom is 0.0684 e. The molecule has 0 radical (unpaired) electrons. The van der Waals surface area contributed by atoms with E-state index in [2.05, 4.69) is 44.4 Å². The van der Waals surface area contributed by atoms with Crippen LogP contribution in [-0.2, 0) is 0 Å². The maximum atomic E-state index is 11.1. The van der Waals surface area contributed by atoms with Gasteiger partial charge in [0.15, 0.2) is 0 Å². The molecule has 0 rings (SSSR count). The van der Waals surface area contributed by atoms with Crippen molar-refractivity contribution in [3.8, 4) is 0 Å². The van der Waals surface area contributed by atoms with Gasteiger partial charge in [-0.25, -0.2) is 0 Å². The van der Waals surface area contributed by atoms with E-state index in [1.165, 1.54) is 0 Å². The SMILES string of the molecule is CC(C)C(CC(CN(CC(O)CC(C)(C)N)CC(O)CC(C)(C)N)CC(C)(C)C)CN(CC(O)CC(C)(C)N)CC(O)CC(C)(C)N. The molecule has 284 valence electrons. The van der Waals surface area contributed by atoms with Crippen molar-refractivity contribution in [1.29, 1.82) is 0 Å². The summed E-state index contributed by atoms with van der Waals surface area (Å²) in [5.41, 5.74) is 23.1. The lowest BCUT2D eigenvalue weighted by molar-refractivity contribution is 0.0253. The zero-order valence-corrected chi connectivity index (χ0v) is 33.0. The van der Waals surface area contributed by atoms with E-state index >= 15 is 0 Å². The molecule has 10 heteroatoms. The highest BCUT2D eigenvalue weighted by Crippen LogP contribution is 2.32. The van der Waals surface area contributed by atoms with Crippen molar-refractivity contribution in [3.05, 3.63) is 0 Å². The van der Waals surface area contributed by atoms with Gasteiger partial charge in [-0.2, -0.15) is 0 Å². The van der Waals surface area contributed by atoms with Crippen LogP contribution in [-0.4, -0.2) is 116 Å². The zero-order valence-electron chi connectivity index (χ0n) is 33.0. The van der Waals surface area contributed by atoms with Gasteiger partial charge in [0.25, 0.3) is 0 Å². The van der Waals surface area contributed by atoms with Gasteiger partial charge in [0, 0.05) is 61.4 Å². The van der Waals surface area contributed by atoms with E-state index in [1.54, 1.807) is 0 Å². The van der Waals surface area contributed by atoms with Crippen molar-refractivity contribution in [2.24, 2.45) is 46.1 Å². The average Bonchev–Trinajstić information content (AvgIpc) is 2.71. The number of nitrogens with zero attached hydrogens (tertiary/aromatic N) is 2. The van der Waals surface area contributed by atoms with E-state index in [0.717, 1.165) is 25.9 Å². The van der Waals surface area contributed by atoms with E-state index in [1.807, 2.05) is 55.4 Å². The fourth-order valence-corrected chi connectivity index (χ4v) is 7.10. The molecule has 6 atom stereocenters. The Morgan fingerprint density at radius 3 is 0.957 bits per heavy atom. The molecule has 0 aliphatic heterocycles. The second-order valence-electron chi connectivity index (χ2n) is 19.7. The maximum absolute atomic E-state index is 11.1. The number of rotatable bonds is 24. The molecule has 0 saturated carbocycles. The Labute approximate surface area is 290 Å². The first-order valence-corrected chi connectivity index (χ1v) is 18.1. The van der Waals surface area contributed by atoms with Crippen LogP contribution in [0.5, 0.6) is 0 Å². The van der Waals surface area contributed by atoms with Gasteiger partial charge < -0.3 is 43.4 Å². The Morgan fingerprint density at radius 2 is 0.723 bits per heavy atom. The van der Waals surface area contributed by atoms with E-state index in [-0.39, 0.29) is 17.3 Å². The van der Waals surface area contributed by atoms with Crippen molar-refractivity contribution in [2.75, 3.05) is 39.3 Å². The molecular weight excluding hydrogens is 592 g/mol. The van der Waals surface area contributed by atoms with E-state index in [4.69, 9.17) is 22.9 Å². The minimum Gasteiger partial charge on any atom is -0.392 e. The van der Waals surface area contributed by atoms with Gasteiger partial charge in [-0.05, 0) is 117 Å². The first-order valence-electron chi connectivity index (χ1n) is 18.1. The lowest BCUT2D eigenvalue weighted by atomic mass is 9.77. The van der Waals surface area contributed by atoms with Crippen LogP contribution >= 0.6 is 0 Å². The number of nitrogens with two attached hydrogens (primary N) is 4. The lowest BCUT2D eigenvalue weighted by Crippen LogP contribution is -2.48. The lowest BCUT2D eigenvalue weighted by Gasteiger charge is -2.39. The predicted octanol–water partition coefficient (Wildman–Crippen LogP) is 3.26.